The van der Waals surface area contributed by atoms with E-state index in [0.717, 1.165) is 79.1 Å². The van der Waals surface area contributed by atoms with Crippen LogP contribution in [0.4, 0.5) is 45.5 Å². The molecule has 2 aliphatic rings. The Morgan fingerprint density at radius 2 is 1.24 bits per heavy atom. The Bertz CT molecular complexity index is 3810. The van der Waals surface area contributed by atoms with E-state index in [0.29, 0.717) is 0 Å². The van der Waals surface area contributed by atoms with Crippen molar-refractivity contribution in [2.24, 2.45) is 0 Å². The van der Waals surface area contributed by atoms with Gasteiger partial charge in [0, 0.05) is 71.8 Å². The summed E-state index contributed by atoms with van der Waals surface area (Å²) < 4.78 is 9.72. The van der Waals surface area contributed by atoms with Gasteiger partial charge in [0.15, 0.2) is 0 Å². The zero-order valence-electron chi connectivity index (χ0n) is 45.2. The van der Waals surface area contributed by atoms with Crippen molar-refractivity contribution >= 4 is 106 Å². The molecule has 1 radical (unpaired) electrons. The molecule has 2 aromatic heterocycles. The van der Waals surface area contributed by atoms with Crippen molar-refractivity contribution in [3.8, 4) is 11.1 Å². The summed E-state index contributed by atoms with van der Waals surface area (Å²) in [5.74, 6) is 0. The monoisotopic (exact) mass is 985 g/mol. The summed E-state index contributed by atoms with van der Waals surface area (Å²) in [6.45, 7) is 27.9. The van der Waals surface area contributed by atoms with Crippen molar-refractivity contribution in [1.82, 2.24) is 0 Å². The molecule has 10 aromatic rings. The average Bonchev–Trinajstić information content (AvgIpc) is 3.93. The smallest absolute Gasteiger partial charge is 0.212 e. The van der Waals surface area contributed by atoms with Crippen LogP contribution in [-0.2, 0) is 21.7 Å². The van der Waals surface area contributed by atoms with Gasteiger partial charge in [0.2, 0.25) is 7.28 Å². The fraction of sp³-hybridized carbons (Fsp3) is 0.265. The quantitative estimate of drug-likeness (QED) is 0.161. The lowest BCUT2D eigenvalue weighted by Crippen LogP contribution is -2.39. The maximum Gasteiger partial charge on any atom is 0.212 e. The van der Waals surface area contributed by atoms with Crippen molar-refractivity contribution in [1.29, 1.82) is 0 Å². The zero-order valence-corrected chi connectivity index (χ0v) is 46.0. The van der Waals surface area contributed by atoms with Crippen molar-refractivity contribution in [2.75, 3.05) is 15.1 Å². The van der Waals surface area contributed by atoms with E-state index in [2.05, 4.69) is 263 Å². The van der Waals surface area contributed by atoms with Gasteiger partial charge in [-0.3, -0.25) is 0 Å². The molecule has 1 aliphatic carbocycles. The number of nitrogens with zero attached hydrogens (tertiary/aromatic N) is 2. The third kappa shape index (κ3) is 8.03. The predicted molar refractivity (Wildman–Crippen MR) is 321 cm³/mol. The molecule has 0 saturated heterocycles. The van der Waals surface area contributed by atoms with E-state index in [1.807, 2.05) is 11.3 Å². The van der Waals surface area contributed by atoms with Gasteiger partial charge in [-0.2, -0.15) is 0 Å². The second-order valence-electron chi connectivity index (χ2n) is 24.5. The van der Waals surface area contributed by atoms with Crippen molar-refractivity contribution in [3.05, 3.63) is 191 Å². The van der Waals surface area contributed by atoms with Gasteiger partial charge < -0.3 is 19.5 Å². The Morgan fingerprint density at radius 3 is 1.92 bits per heavy atom. The lowest BCUT2D eigenvalue weighted by Gasteiger charge is -2.43. The third-order valence-corrected chi connectivity index (χ3v) is 17.5. The van der Waals surface area contributed by atoms with Crippen molar-refractivity contribution in [3.63, 3.8) is 0 Å². The Kier molecular flexibility index (Phi) is 11.2. The van der Waals surface area contributed by atoms with Gasteiger partial charge in [0.25, 0.3) is 0 Å². The Balaban J connectivity index is 1.17. The number of thiophene rings is 1. The molecule has 6 heteroatoms. The fourth-order valence-corrected chi connectivity index (χ4v) is 12.9. The first-order valence-electron chi connectivity index (χ1n) is 26.5. The molecule has 1 aliphatic heterocycles. The Morgan fingerprint density at radius 1 is 0.608 bits per heavy atom. The summed E-state index contributed by atoms with van der Waals surface area (Å²) in [7, 11) is 2.47. The molecule has 0 atom stereocenters. The van der Waals surface area contributed by atoms with Gasteiger partial charge in [-0.1, -0.05) is 154 Å². The predicted octanol–water partition coefficient (Wildman–Crippen LogP) is 18.7. The average molecular weight is 985 g/mol. The summed E-state index contributed by atoms with van der Waals surface area (Å²) in [6, 6.07) is 59.0. The van der Waals surface area contributed by atoms with Gasteiger partial charge in [-0.05, 0) is 165 Å². The number of fused-ring (bicyclic) bond motifs is 8. The molecule has 1 N–H and O–H groups in total. The highest BCUT2D eigenvalue weighted by molar-refractivity contribution is 7.29. The standard InChI is InChI=1S/C68H67BN3OS/c1-41-19-13-16-22-55(41)71(56-23-17-14-20-42(56)2)47-30-32-49(54(39-47)70-45-28-25-43(26-29-45)65(3,4)5)60-61-57(40-50-48-21-15-18-24-58(48)73-63(50)60)72(46-31-33-52-53(38-46)68(11,12)36-35-67(52,9)10)62-51-37-44(66(6,7)8)27-34-59(51)74-64(62)69-61/h13-34,37-40,70H,35-36H2,1-12H3. The minimum absolute atomic E-state index is 0.0166. The first kappa shape index (κ1) is 48.0. The summed E-state index contributed by atoms with van der Waals surface area (Å²) in [6.07, 6.45) is 2.31. The number of rotatable bonds is 7. The molecule has 12 rings (SSSR count). The molecule has 8 aromatic carbocycles. The van der Waals surface area contributed by atoms with Crippen LogP contribution in [0.3, 0.4) is 0 Å². The summed E-state index contributed by atoms with van der Waals surface area (Å²) in [5, 5.41) is 7.53. The van der Waals surface area contributed by atoms with Gasteiger partial charge in [0.1, 0.15) is 11.2 Å². The van der Waals surface area contributed by atoms with Crippen LogP contribution in [0.5, 0.6) is 0 Å². The van der Waals surface area contributed by atoms with E-state index in [9.17, 15) is 0 Å². The molecule has 0 spiro atoms. The number of benzene rings is 8. The molecule has 0 fully saturated rings. The summed E-state index contributed by atoms with van der Waals surface area (Å²) in [5.41, 5.74) is 22.0. The van der Waals surface area contributed by atoms with E-state index >= 15 is 0 Å². The normalized spacial score (nSPS) is 14.9. The largest absolute Gasteiger partial charge is 0.455 e. The van der Waals surface area contributed by atoms with Gasteiger partial charge >= 0.3 is 0 Å². The molecule has 0 amide bonds. The highest BCUT2D eigenvalue weighted by Crippen LogP contribution is 2.52. The van der Waals surface area contributed by atoms with E-state index in [-0.39, 0.29) is 21.7 Å². The number of nitrogens with one attached hydrogen (secondary N) is 1. The Labute approximate surface area is 443 Å². The van der Waals surface area contributed by atoms with Crippen LogP contribution in [0.1, 0.15) is 115 Å². The molecular weight excluding hydrogens is 918 g/mol. The maximum absolute atomic E-state index is 7.20. The Hall–Kier alpha value is -7.02. The molecule has 0 bridgehead atoms. The van der Waals surface area contributed by atoms with Crippen LogP contribution in [0.2, 0.25) is 0 Å². The van der Waals surface area contributed by atoms with Crippen LogP contribution < -0.4 is 25.4 Å². The van der Waals surface area contributed by atoms with Gasteiger partial charge in [0.05, 0.1) is 5.69 Å². The topological polar surface area (TPSA) is 31.7 Å². The van der Waals surface area contributed by atoms with Gasteiger partial charge in [-0.15, -0.1) is 11.3 Å². The van der Waals surface area contributed by atoms with E-state index < -0.39 is 0 Å². The van der Waals surface area contributed by atoms with E-state index in [4.69, 9.17) is 4.42 Å². The second kappa shape index (κ2) is 17.3. The lowest BCUT2D eigenvalue weighted by atomic mass is 9.61. The third-order valence-electron chi connectivity index (χ3n) is 16.3. The SMILES string of the molecule is Cc1ccccc1N(c1ccc(-c2c3c(cc4c2oc2ccccc24)N(c2ccc4c(c2)C(C)(C)CCC4(C)C)c2c(sc4ccc(C(C)(C)C)cc24)[B]3)c(Nc2ccc(C(C)(C)C)cc2)c1)c1ccccc1C. The highest BCUT2D eigenvalue weighted by Gasteiger charge is 2.39. The molecule has 369 valence electrons. The van der Waals surface area contributed by atoms with Crippen molar-refractivity contribution in [2.45, 2.75) is 118 Å². The number of aryl methyl sites for hydroxylation is 2. The summed E-state index contributed by atoms with van der Waals surface area (Å²) in [4.78, 5) is 5.03. The fourth-order valence-electron chi connectivity index (χ4n) is 11.8. The number of furan rings is 1. The first-order valence-corrected chi connectivity index (χ1v) is 27.4. The number of hydrogen-bond donors (Lipinski definition) is 1. The highest BCUT2D eigenvalue weighted by atomic mass is 32.1. The minimum Gasteiger partial charge on any atom is -0.455 e. The van der Waals surface area contributed by atoms with Crippen LogP contribution in [0, 0.1) is 13.8 Å². The number of hydrogen-bond acceptors (Lipinski definition) is 5. The minimum atomic E-state index is -0.0166. The molecule has 0 saturated carbocycles. The van der Waals surface area contributed by atoms with Crippen molar-refractivity contribution < 1.29 is 4.42 Å². The van der Waals surface area contributed by atoms with E-state index in [1.54, 1.807) is 0 Å². The second-order valence-corrected chi connectivity index (χ2v) is 25.6. The van der Waals surface area contributed by atoms with Crippen LogP contribution >= 0.6 is 11.3 Å². The molecular formula is C68H67BN3OS. The molecule has 4 nitrogen and oxygen atoms in total. The number of anilines is 8. The van der Waals surface area contributed by atoms with Crippen LogP contribution in [0.15, 0.2) is 162 Å². The number of para-hydroxylation sites is 3. The van der Waals surface area contributed by atoms with Crippen LogP contribution in [0.25, 0.3) is 43.2 Å². The van der Waals surface area contributed by atoms with Gasteiger partial charge in [-0.25, -0.2) is 0 Å². The molecule has 3 heterocycles. The lowest BCUT2D eigenvalue weighted by molar-refractivity contribution is 0.332. The van der Waals surface area contributed by atoms with E-state index in [1.165, 1.54) is 66.0 Å². The summed E-state index contributed by atoms with van der Waals surface area (Å²) >= 11 is 1.89. The molecule has 0 unspecified atom stereocenters. The zero-order chi connectivity index (χ0) is 51.6. The maximum atomic E-state index is 7.20. The van der Waals surface area contributed by atoms with Crippen LogP contribution in [-0.4, -0.2) is 7.28 Å². The first-order chi connectivity index (χ1) is 35.2. The molecule has 74 heavy (non-hydrogen) atoms.